The summed E-state index contributed by atoms with van der Waals surface area (Å²) in [5.41, 5.74) is 0.0413. The number of nitro benzene ring substituents is 1. The van der Waals surface area contributed by atoms with Crippen LogP contribution in [0.25, 0.3) is 6.08 Å². The van der Waals surface area contributed by atoms with Gasteiger partial charge in [-0.1, -0.05) is 11.6 Å². The molecule has 2 aromatic rings. The molecular formula is C16H12ClFN2O4. The van der Waals surface area contributed by atoms with Crippen LogP contribution < -0.4 is 10.1 Å². The number of carbonyl (C=O) groups excluding carboxylic acids is 1. The third kappa shape index (κ3) is 4.30. The van der Waals surface area contributed by atoms with Gasteiger partial charge in [0.1, 0.15) is 11.6 Å². The monoisotopic (exact) mass is 350 g/mol. The topological polar surface area (TPSA) is 81.5 Å². The van der Waals surface area contributed by atoms with Gasteiger partial charge in [0.05, 0.1) is 34.4 Å². The van der Waals surface area contributed by atoms with Crippen LogP contribution >= 0.6 is 11.6 Å². The Bertz CT molecular complexity index is 824. The molecule has 0 unspecified atom stereocenters. The van der Waals surface area contributed by atoms with E-state index in [9.17, 15) is 19.3 Å². The number of carbonyl (C=O) groups is 1. The van der Waals surface area contributed by atoms with Crippen molar-refractivity contribution >= 4 is 35.0 Å². The molecule has 2 rings (SSSR count). The Morgan fingerprint density at radius 1 is 1.33 bits per heavy atom. The van der Waals surface area contributed by atoms with E-state index < -0.39 is 22.3 Å². The summed E-state index contributed by atoms with van der Waals surface area (Å²) in [4.78, 5) is 22.1. The number of rotatable bonds is 5. The lowest BCUT2D eigenvalue weighted by molar-refractivity contribution is -0.385. The lowest BCUT2D eigenvalue weighted by atomic mass is 10.1. The highest BCUT2D eigenvalue weighted by Gasteiger charge is 2.13. The molecule has 2 aromatic carbocycles. The zero-order valence-corrected chi connectivity index (χ0v) is 13.2. The SMILES string of the molecule is COc1ccc(NC(=O)C=Cc2ccc(F)cc2[N+](=O)[O-])c(Cl)c1. The van der Waals surface area contributed by atoms with Crippen molar-refractivity contribution in [1.29, 1.82) is 0 Å². The van der Waals surface area contributed by atoms with E-state index in [4.69, 9.17) is 16.3 Å². The van der Waals surface area contributed by atoms with Crippen LogP contribution in [0.2, 0.25) is 5.02 Å². The fraction of sp³-hybridized carbons (Fsp3) is 0.0625. The average Bonchev–Trinajstić information content (AvgIpc) is 2.55. The number of hydrogen-bond acceptors (Lipinski definition) is 4. The van der Waals surface area contributed by atoms with Crippen LogP contribution in [0.1, 0.15) is 5.56 Å². The van der Waals surface area contributed by atoms with E-state index in [0.717, 1.165) is 18.2 Å². The molecule has 1 N–H and O–H groups in total. The summed E-state index contributed by atoms with van der Waals surface area (Å²) < 4.78 is 18.1. The van der Waals surface area contributed by atoms with E-state index in [-0.39, 0.29) is 10.6 Å². The first-order chi connectivity index (χ1) is 11.4. The Morgan fingerprint density at radius 3 is 2.71 bits per heavy atom. The van der Waals surface area contributed by atoms with E-state index in [0.29, 0.717) is 11.4 Å². The number of halogens is 2. The average molecular weight is 351 g/mol. The highest BCUT2D eigenvalue weighted by molar-refractivity contribution is 6.34. The molecule has 1 amide bonds. The fourth-order valence-electron chi connectivity index (χ4n) is 1.88. The fourth-order valence-corrected chi connectivity index (χ4v) is 2.10. The third-order valence-electron chi connectivity index (χ3n) is 3.04. The summed E-state index contributed by atoms with van der Waals surface area (Å²) >= 11 is 6.00. The zero-order valence-electron chi connectivity index (χ0n) is 12.5. The molecule has 0 aromatic heterocycles. The number of benzene rings is 2. The van der Waals surface area contributed by atoms with Gasteiger partial charge in [-0.3, -0.25) is 14.9 Å². The molecule has 0 atom stereocenters. The molecule has 0 fully saturated rings. The molecule has 0 aliphatic rings. The summed E-state index contributed by atoms with van der Waals surface area (Å²) in [6.45, 7) is 0. The minimum atomic E-state index is -0.728. The van der Waals surface area contributed by atoms with Gasteiger partial charge < -0.3 is 10.1 Å². The van der Waals surface area contributed by atoms with E-state index in [2.05, 4.69) is 5.32 Å². The van der Waals surface area contributed by atoms with Crippen molar-refractivity contribution in [3.63, 3.8) is 0 Å². The van der Waals surface area contributed by atoms with Gasteiger partial charge in [-0.15, -0.1) is 0 Å². The second-order valence-electron chi connectivity index (χ2n) is 4.63. The van der Waals surface area contributed by atoms with Crippen molar-refractivity contribution in [1.82, 2.24) is 0 Å². The molecule has 0 spiro atoms. The third-order valence-corrected chi connectivity index (χ3v) is 3.35. The summed E-state index contributed by atoms with van der Waals surface area (Å²) in [7, 11) is 1.49. The number of hydrogen-bond donors (Lipinski definition) is 1. The quantitative estimate of drug-likeness (QED) is 0.501. The van der Waals surface area contributed by atoms with Crippen LogP contribution in [0.15, 0.2) is 42.5 Å². The van der Waals surface area contributed by atoms with E-state index in [1.165, 1.54) is 25.3 Å². The second-order valence-corrected chi connectivity index (χ2v) is 5.04. The molecule has 24 heavy (non-hydrogen) atoms. The van der Waals surface area contributed by atoms with Crippen LogP contribution in [0, 0.1) is 15.9 Å². The van der Waals surface area contributed by atoms with Crippen molar-refractivity contribution in [2.75, 3.05) is 12.4 Å². The molecule has 0 heterocycles. The minimum absolute atomic E-state index is 0.109. The van der Waals surface area contributed by atoms with E-state index in [1.54, 1.807) is 12.1 Å². The largest absolute Gasteiger partial charge is 0.497 e. The van der Waals surface area contributed by atoms with Crippen LogP contribution in [0.5, 0.6) is 5.75 Å². The van der Waals surface area contributed by atoms with Crippen molar-refractivity contribution in [2.45, 2.75) is 0 Å². The van der Waals surface area contributed by atoms with Gasteiger partial charge in [-0.05, 0) is 30.3 Å². The number of methoxy groups -OCH3 is 1. The molecular weight excluding hydrogens is 339 g/mol. The van der Waals surface area contributed by atoms with E-state index >= 15 is 0 Å². The normalized spacial score (nSPS) is 10.6. The van der Waals surface area contributed by atoms with Gasteiger partial charge in [0.15, 0.2) is 0 Å². The first kappa shape index (κ1) is 17.4. The maximum Gasteiger partial charge on any atom is 0.279 e. The Labute approximate surface area is 141 Å². The van der Waals surface area contributed by atoms with Crippen LogP contribution in [-0.2, 0) is 4.79 Å². The minimum Gasteiger partial charge on any atom is -0.497 e. The van der Waals surface area contributed by atoms with Gasteiger partial charge in [-0.25, -0.2) is 4.39 Å². The first-order valence-corrected chi connectivity index (χ1v) is 7.05. The van der Waals surface area contributed by atoms with Crippen LogP contribution in [-0.4, -0.2) is 17.9 Å². The predicted molar refractivity (Wildman–Crippen MR) is 88.7 cm³/mol. The summed E-state index contributed by atoms with van der Waals surface area (Å²) in [6.07, 6.45) is 2.32. The maximum absolute atomic E-state index is 13.1. The Morgan fingerprint density at radius 2 is 2.08 bits per heavy atom. The van der Waals surface area contributed by atoms with Crippen molar-refractivity contribution < 1.29 is 18.8 Å². The van der Waals surface area contributed by atoms with Gasteiger partial charge in [0.2, 0.25) is 5.91 Å². The summed E-state index contributed by atoms with van der Waals surface area (Å²) in [5.74, 6) is -0.732. The zero-order chi connectivity index (χ0) is 17.7. The summed E-state index contributed by atoms with van der Waals surface area (Å²) in [6, 6.07) is 7.80. The van der Waals surface area contributed by atoms with Crippen LogP contribution in [0.3, 0.4) is 0 Å². The van der Waals surface area contributed by atoms with E-state index in [1.807, 2.05) is 0 Å². The smallest absolute Gasteiger partial charge is 0.279 e. The Hall–Kier alpha value is -2.93. The highest BCUT2D eigenvalue weighted by Crippen LogP contribution is 2.27. The lowest BCUT2D eigenvalue weighted by Crippen LogP contribution is -2.08. The molecule has 0 saturated carbocycles. The van der Waals surface area contributed by atoms with Crippen LogP contribution in [0.4, 0.5) is 15.8 Å². The molecule has 124 valence electrons. The Balaban J connectivity index is 2.15. The maximum atomic E-state index is 13.1. The number of ether oxygens (including phenoxy) is 1. The number of nitrogens with zero attached hydrogens (tertiary/aromatic N) is 1. The first-order valence-electron chi connectivity index (χ1n) is 6.67. The Kier molecular flexibility index (Phi) is 5.49. The van der Waals surface area contributed by atoms with Gasteiger partial charge in [0, 0.05) is 12.1 Å². The molecule has 0 aliphatic heterocycles. The van der Waals surface area contributed by atoms with Gasteiger partial charge in [0.25, 0.3) is 5.69 Å². The molecule has 0 bridgehead atoms. The molecule has 0 saturated heterocycles. The molecule has 0 radical (unpaired) electrons. The van der Waals surface area contributed by atoms with Crippen molar-refractivity contribution in [3.05, 3.63) is 69.0 Å². The number of anilines is 1. The standard InChI is InChI=1S/C16H12ClFN2O4/c1-24-12-5-6-14(13(17)9-12)19-16(21)7-3-10-2-4-11(18)8-15(10)20(22)23/h2-9H,1H3,(H,19,21). The molecule has 0 aliphatic carbocycles. The highest BCUT2D eigenvalue weighted by atomic mass is 35.5. The number of amides is 1. The molecule has 8 heteroatoms. The number of nitro groups is 1. The second kappa shape index (κ2) is 7.56. The van der Waals surface area contributed by atoms with Crippen molar-refractivity contribution in [2.24, 2.45) is 0 Å². The van der Waals surface area contributed by atoms with Crippen molar-refractivity contribution in [3.8, 4) is 5.75 Å². The lowest BCUT2D eigenvalue weighted by Gasteiger charge is -2.06. The molecule has 6 nitrogen and oxygen atoms in total. The predicted octanol–water partition coefficient (Wildman–Crippen LogP) is 4.05. The summed E-state index contributed by atoms with van der Waals surface area (Å²) in [5, 5.41) is 13.7. The number of nitrogens with one attached hydrogen (secondary N) is 1. The van der Waals surface area contributed by atoms with Gasteiger partial charge in [-0.2, -0.15) is 0 Å². The van der Waals surface area contributed by atoms with Gasteiger partial charge >= 0.3 is 0 Å².